The molecule has 3 N–H and O–H groups in total. The summed E-state index contributed by atoms with van der Waals surface area (Å²) >= 11 is 0. The number of carbonyl (C=O) groups is 3. The van der Waals surface area contributed by atoms with E-state index >= 15 is 0 Å². The Labute approximate surface area is 227 Å². The molecule has 0 unspecified atom stereocenters. The minimum atomic E-state index is -0.527. The molecule has 1 aliphatic rings. The number of para-hydroxylation sites is 1. The quantitative estimate of drug-likeness (QED) is 0.321. The molecule has 0 aliphatic carbocycles. The van der Waals surface area contributed by atoms with Gasteiger partial charge in [-0.1, -0.05) is 23.8 Å². The first kappa shape index (κ1) is 27.3. The Bertz CT molecular complexity index is 1310. The fraction of sp³-hybridized carbons (Fsp3) is 0.276. The van der Waals surface area contributed by atoms with Crippen molar-refractivity contribution in [2.24, 2.45) is 5.92 Å². The molecular formula is C29H32N4O6. The standard InChI is InChI=1S/C29H32N4O6/c1-4-38-23-14-10-21(11-15-23)30-26(34)18-39-28-24(6-5-7-25(28)37-3)31-32-29(36)20-16-27(35)33(17-20)22-12-8-19(2)9-13-22/h5-15,20,31H,4,16-18H2,1-3H3,(H,30,34)(H,32,36)/t20-/m1/s1. The summed E-state index contributed by atoms with van der Waals surface area (Å²) in [6.45, 7) is 4.42. The molecule has 204 valence electrons. The van der Waals surface area contributed by atoms with Crippen LogP contribution in [0.2, 0.25) is 0 Å². The first-order valence-corrected chi connectivity index (χ1v) is 12.6. The lowest BCUT2D eigenvalue weighted by molar-refractivity contribution is -0.125. The zero-order chi connectivity index (χ0) is 27.8. The number of rotatable bonds is 11. The van der Waals surface area contributed by atoms with E-state index in [1.807, 2.05) is 38.1 Å². The van der Waals surface area contributed by atoms with Gasteiger partial charge in [0, 0.05) is 24.3 Å². The monoisotopic (exact) mass is 532 g/mol. The normalized spacial score (nSPS) is 14.5. The van der Waals surface area contributed by atoms with Crippen LogP contribution < -0.4 is 35.3 Å². The second-order valence-electron chi connectivity index (χ2n) is 8.99. The Morgan fingerprint density at radius 3 is 2.44 bits per heavy atom. The van der Waals surface area contributed by atoms with Gasteiger partial charge in [0.25, 0.3) is 5.91 Å². The molecule has 0 bridgehead atoms. The van der Waals surface area contributed by atoms with Crippen LogP contribution in [0.15, 0.2) is 66.7 Å². The largest absolute Gasteiger partial charge is 0.494 e. The molecule has 0 spiro atoms. The average molecular weight is 533 g/mol. The van der Waals surface area contributed by atoms with Gasteiger partial charge in [-0.15, -0.1) is 0 Å². The molecular weight excluding hydrogens is 500 g/mol. The molecule has 3 amide bonds. The Morgan fingerprint density at radius 1 is 1.00 bits per heavy atom. The number of nitrogens with zero attached hydrogens (tertiary/aromatic N) is 1. The van der Waals surface area contributed by atoms with Crippen molar-refractivity contribution in [2.75, 3.05) is 42.5 Å². The molecule has 3 aromatic carbocycles. The van der Waals surface area contributed by atoms with Crippen molar-refractivity contribution >= 4 is 34.8 Å². The smallest absolute Gasteiger partial charge is 0.262 e. The lowest BCUT2D eigenvalue weighted by atomic mass is 10.1. The third kappa shape index (κ3) is 6.98. The predicted molar refractivity (Wildman–Crippen MR) is 148 cm³/mol. The number of benzene rings is 3. The molecule has 1 aliphatic heterocycles. The summed E-state index contributed by atoms with van der Waals surface area (Å²) in [5.74, 6) is 0.00352. The van der Waals surface area contributed by atoms with Crippen LogP contribution in [0.5, 0.6) is 17.2 Å². The van der Waals surface area contributed by atoms with Crippen molar-refractivity contribution in [1.82, 2.24) is 5.43 Å². The second-order valence-corrected chi connectivity index (χ2v) is 8.99. The molecule has 0 aromatic heterocycles. The van der Waals surface area contributed by atoms with E-state index < -0.39 is 5.92 Å². The number of hydrazine groups is 1. The summed E-state index contributed by atoms with van der Waals surface area (Å²) in [5.41, 5.74) is 8.37. The summed E-state index contributed by atoms with van der Waals surface area (Å²) in [7, 11) is 1.48. The van der Waals surface area contributed by atoms with Gasteiger partial charge in [-0.25, -0.2) is 0 Å². The summed E-state index contributed by atoms with van der Waals surface area (Å²) in [4.78, 5) is 39.6. The molecule has 1 atom stereocenters. The highest BCUT2D eigenvalue weighted by Gasteiger charge is 2.35. The predicted octanol–water partition coefficient (Wildman–Crippen LogP) is 3.92. The van der Waals surface area contributed by atoms with Gasteiger partial charge < -0.3 is 24.4 Å². The highest BCUT2D eigenvalue weighted by atomic mass is 16.5. The fourth-order valence-electron chi connectivity index (χ4n) is 4.15. The van der Waals surface area contributed by atoms with E-state index in [9.17, 15) is 14.4 Å². The SMILES string of the molecule is CCOc1ccc(NC(=O)COc2c(NNC(=O)[C@@H]3CC(=O)N(c4ccc(C)cc4)C3)cccc2OC)cc1. The average Bonchev–Trinajstić information content (AvgIpc) is 3.33. The number of amides is 3. The molecule has 10 heteroatoms. The molecule has 1 heterocycles. The van der Waals surface area contributed by atoms with E-state index in [-0.39, 0.29) is 43.0 Å². The van der Waals surface area contributed by atoms with Crippen molar-refractivity contribution in [2.45, 2.75) is 20.3 Å². The van der Waals surface area contributed by atoms with Gasteiger partial charge in [0.2, 0.25) is 11.8 Å². The van der Waals surface area contributed by atoms with E-state index in [4.69, 9.17) is 14.2 Å². The zero-order valence-corrected chi connectivity index (χ0v) is 22.2. The van der Waals surface area contributed by atoms with Crippen LogP contribution in [0.25, 0.3) is 0 Å². The van der Waals surface area contributed by atoms with Gasteiger partial charge >= 0.3 is 0 Å². The maximum atomic E-state index is 12.9. The van der Waals surface area contributed by atoms with E-state index in [2.05, 4.69) is 16.2 Å². The van der Waals surface area contributed by atoms with Crippen LogP contribution in [0.4, 0.5) is 17.1 Å². The minimum Gasteiger partial charge on any atom is -0.494 e. The number of hydrogen-bond acceptors (Lipinski definition) is 7. The number of hydrogen-bond donors (Lipinski definition) is 3. The maximum Gasteiger partial charge on any atom is 0.262 e. The van der Waals surface area contributed by atoms with Crippen LogP contribution in [-0.4, -0.2) is 44.6 Å². The minimum absolute atomic E-state index is 0.106. The molecule has 1 saturated heterocycles. The Hall–Kier alpha value is -4.73. The molecule has 1 fully saturated rings. The van der Waals surface area contributed by atoms with Crippen molar-refractivity contribution in [3.63, 3.8) is 0 Å². The lowest BCUT2D eigenvalue weighted by Crippen LogP contribution is -2.36. The van der Waals surface area contributed by atoms with Crippen molar-refractivity contribution in [1.29, 1.82) is 0 Å². The first-order valence-electron chi connectivity index (χ1n) is 12.6. The molecule has 39 heavy (non-hydrogen) atoms. The van der Waals surface area contributed by atoms with Crippen LogP contribution in [0, 0.1) is 12.8 Å². The van der Waals surface area contributed by atoms with Crippen molar-refractivity contribution in [3.05, 3.63) is 72.3 Å². The number of methoxy groups -OCH3 is 1. The molecule has 3 aromatic rings. The van der Waals surface area contributed by atoms with Gasteiger partial charge in [-0.3, -0.25) is 25.2 Å². The zero-order valence-electron chi connectivity index (χ0n) is 22.2. The lowest BCUT2D eigenvalue weighted by Gasteiger charge is -2.18. The van der Waals surface area contributed by atoms with Gasteiger partial charge in [-0.2, -0.15) is 0 Å². The summed E-state index contributed by atoms with van der Waals surface area (Å²) in [6.07, 6.45) is 0.106. The Morgan fingerprint density at radius 2 is 1.74 bits per heavy atom. The van der Waals surface area contributed by atoms with Crippen LogP contribution in [0.1, 0.15) is 18.9 Å². The number of ether oxygens (including phenoxy) is 3. The first-order chi connectivity index (χ1) is 18.9. The van der Waals surface area contributed by atoms with Gasteiger partial charge in [0.05, 0.1) is 25.3 Å². The van der Waals surface area contributed by atoms with Gasteiger partial charge in [0.1, 0.15) is 5.75 Å². The topological polar surface area (TPSA) is 118 Å². The van der Waals surface area contributed by atoms with Crippen molar-refractivity contribution in [3.8, 4) is 17.2 Å². The highest BCUT2D eigenvalue weighted by molar-refractivity contribution is 6.00. The number of anilines is 3. The summed E-state index contributed by atoms with van der Waals surface area (Å²) in [5, 5.41) is 2.76. The molecule has 10 nitrogen and oxygen atoms in total. The van der Waals surface area contributed by atoms with Crippen LogP contribution in [0.3, 0.4) is 0 Å². The van der Waals surface area contributed by atoms with Crippen LogP contribution >= 0.6 is 0 Å². The molecule has 4 rings (SSSR count). The summed E-state index contributed by atoms with van der Waals surface area (Å²) in [6, 6.07) is 19.7. The van der Waals surface area contributed by atoms with E-state index in [1.165, 1.54) is 7.11 Å². The van der Waals surface area contributed by atoms with Crippen LogP contribution in [-0.2, 0) is 14.4 Å². The summed E-state index contributed by atoms with van der Waals surface area (Å²) < 4.78 is 16.6. The van der Waals surface area contributed by atoms with E-state index in [0.717, 1.165) is 11.3 Å². The molecule has 0 saturated carbocycles. The van der Waals surface area contributed by atoms with Gasteiger partial charge in [0.15, 0.2) is 18.1 Å². The maximum absolute atomic E-state index is 12.9. The van der Waals surface area contributed by atoms with E-state index in [1.54, 1.807) is 47.4 Å². The number of aryl methyl sites for hydroxylation is 1. The Balaban J connectivity index is 1.35. The third-order valence-electron chi connectivity index (χ3n) is 6.16. The number of carbonyl (C=O) groups excluding carboxylic acids is 3. The molecule has 0 radical (unpaired) electrons. The Kier molecular flexibility index (Phi) is 8.88. The fourth-order valence-corrected chi connectivity index (χ4v) is 4.15. The number of nitrogens with one attached hydrogen (secondary N) is 3. The second kappa shape index (κ2) is 12.7. The highest BCUT2D eigenvalue weighted by Crippen LogP contribution is 2.35. The van der Waals surface area contributed by atoms with E-state index in [0.29, 0.717) is 29.5 Å². The van der Waals surface area contributed by atoms with Crippen molar-refractivity contribution < 1.29 is 28.6 Å². The van der Waals surface area contributed by atoms with Gasteiger partial charge in [-0.05, 0) is 62.4 Å². The third-order valence-corrected chi connectivity index (χ3v) is 6.16.